The summed E-state index contributed by atoms with van der Waals surface area (Å²) in [6.07, 6.45) is 1.20. The monoisotopic (exact) mass is 361 g/mol. The number of fused-ring (bicyclic) bond motifs is 1. The van der Waals surface area contributed by atoms with Crippen LogP contribution in [-0.4, -0.2) is 73.4 Å². The van der Waals surface area contributed by atoms with Crippen LogP contribution in [0.3, 0.4) is 0 Å². The van der Waals surface area contributed by atoms with Crippen molar-refractivity contribution < 1.29 is 14.5 Å². The highest BCUT2D eigenvalue weighted by atomic mass is 32.1. The van der Waals surface area contributed by atoms with E-state index in [9.17, 15) is 9.59 Å². The molecule has 0 unspecified atom stereocenters. The van der Waals surface area contributed by atoms with Gasteiger partial charge in [0.25, 0.3) is 5.91 Å². The van der Waals surface area contributed by atoms with E-state index in [-0.39, 0.29) is 11.8 Å². The molecule has 2 heterocycles. The molecule has 1 aromatic carbocycles. The van der Waals surface area contributed by atoms with E-state index in [1.54, 1.807) is 30.3 Å². The minimum Gasteiger partial charge on any atom is -0.344 e. The lowest BCUT2D eigenvalue weighted by Crippen LogP contribution is -3.15. The van der Waals surface area contributed by atoms with Crippen LogP contribution >= 0.6 is 11.3 Å². The number of aryl methyl sites for hydroxylation is 1. The van der Waals surface area contributed by atoms with E-state index >= 15 is 0 Å². The Labute approximate surface area is 152 Å². The lowest BCUT2D eigenvalue weighted by Gasteiger charge is -2.32. The predicted molar refractivity (Wildman–Crippen MR) is 98.8 cm³/mol. The second-order valence-corrected chi connectivity index (χ2v) is 7.79. The number of carbonyl (C=O) groups excluding carboxylic acids is 2. The topological polar surface area (TPSA) is 58.0 Å². The molecule has 0 bridgehead atoms. The molecule has 7 heteroatoms. The first kappa shape index (κ1) is 17.8. The van der Waals surface area contributed by atoms with Crippen molar-refractivity contribution in [2.24, 2.45) is 0 Å². The van der Waals surface area contributed by atoms with Crippen molar-refractivity contribution in [1.29, 1.82) is 0 Å². The summed E-state index contributed by atoms with van der Waals surface area (Å²) in [5, 5.41) is 1.02. The second kappa shape index (κ2) is 7.93. The number of piperazine rings is 1. The molecule has 1 aliphatic rings. The van der Waals surface area contributed by atoms with E-state index in [1.165, 1.54) is 9.60 Å². The molecule has 1 aliphatic heterocycles. The van der Waals surface area contributed by atoms with Gasteiger partial charge in [-0.15, -0.1) is 11.3 Å². The summed E-state index contributed by atoms with van der Waals surface area (Å²) < 4.78 is 1.17. The second-order valence-electron chi connectivity index (χ2n) is 6.67. The van der Waals surface area contributed by atoms with Gasteiger partial charge in [-0.2, -0.15) is 0 Å². The van der Waals surface area contributed by atoms with Gasteiger partial charge in [-0.05, 0) is 12.1 Å². The van der Waals surface area contributed by atoms with Gasteiger partial charge in [-0.25, -0.2) is 4.98 Å². The fourth-order valence-electron chi connectivity index (χ4n) is 3.02. The highest BCUT2D eigenvalue weighted by Crippen LogP contribution is 2.22. The van der Waals surface area contributed by atoms with Gasteiger partial charge in [-0.3, -0.25) is 9.59 Å². The van der Waals surface area contributed by atoms with Gasteiger partial charge >= 0.3 is 0 Å². The van der Waals surface area contributed by atoms with Crippen LogP contribution in [0.5, 0.6) is 0 Å². The van der Waals surface area contributed by atoms with Crippen molar-refractivity contribution in [3.8, 4) is 0 Å². The SMILES string of the molecule is CN(C)C(=O)C[NH+]1CCN(C(=O)CCc2nc3ccccc3s2)CC1. The highest BCUT2D eigenvalue weighted by Gasteiger charge is 2.25. The first-order valence-electron chi connectivity index (χ1n) is 8.69. The largest absolute Gasteiger partial charge is 0.344 e. The zero-order valence-corrected chi connectivity index (χ0v) is 15.6. The van der Waals surface area contributed by atoms with Crippen molar-refractivity contribution in [2.75, 3.05) is 46.8 Å². The maximum absolute atomic E-state index is 12.4. The molecule has 0 saturated carbocycles. The predicted octanol–water partition coefficient (Wildman–Crippen LogP) is 0.0442. The lowest BCUT2D eigenvalue weighted by molar-refractivity contribution is -0.896. The summed E-state index contributed by atoms with van der Waals surface area (Å²) in [6, 6.07) is 8.07. The van der Waals surface area contributed by atoms with Crippen LogP contribution < -0.4 is 4.90 Å². The number of hydrogen-bond acceptors (Lipinski definition) is 4. The number of benzene rings is 1. The smallest absolute Gasteiger partial charge is 0.277 e. The highest BCUT2D eigenvalue weighted by molar-refractivity contribution is 7.18. The molecule has 0 aliphatic carbocycles. The molecule has 25 heavy (non-hydrogen) atoms. The molecule has 3 rings (SSSR count). The standard InChI is InChI=1S/C18H24N4O2S/c1-20(2)18(24)13-21-9-11-22(12-10-21)17(23)8-7-16-19-14-5-3-4-6-15(14)25-16/h3-6H,7-13H2,1-2H3/p+1. The van der Waals surface area contributed by atoms with Gasteiger partial charge in [0.05, 0.1) is 41.4 Å². The molecule has 0 spiro atoms. The van der Waals surface area contributed by atoms with Crippen molar-refractivity contribution in [3.63, 3.8) is 0 Å². The minimum absolute atomic E-state index is 0.144. The third-order valence-electron chi connectivity index (χ3n) is 4.61. The van der Waals surface area contributed by atoms with E-state index in [1.807, 2.05) is 23.1 Å². The molecule has 6 nitrogen and oxygen atoms in total. The van der Waals surface area contributed by atoms with Gasteiger partial charge in [0.2, 0.25) is 5.91 Å². The third kappa shape index (κ3) is 4.55. The summed E-state index contributed by atoms with van der Waals surface area (Å²) >= 11 is 1.67. The van der Waals surface area contributed by atoms with Crippen LogP contribution in [0.15, 0.2) is 24.3 Å². The molecule has 1 saturated heterocycles. The molecule has 0 radical (unpaired) electrons. The normalized spacial score (nSPS) is 15.5. The lowest BCUT2D eigenvalue weighted by atomic mass is 10.2. The van der Waals surface area contributed by atoms with Gasteiger partial charge in [0, 0.05) is 26.9 Å². The van der Waals surface area contributed by atoms with Crippen molar-refractivity contribution in [1.82, 2.24) is 14.8 Å². The average Bonchev–Trinajstić information content (AvgIpc) is 3.03. The number of hydrogen-bond donors (Lipinski definition) is 1. The third-order valence-corrected chi connectivity index (χ3v) is 5.71. The molecule has 1 fully saturated rings. The number of amides is 2. The Morgan fingerprint density at radius 3 is 2.64 bits per heavy atom. The Bertz CT molecular complexity index is 717. The number of thiazole rings is 1. The number of likely N-dealkylation sites (N-methyl/N-ethyl adjacent to an activating group) is 1. The summed E-state index contributed by atoms with van der Waals surface area (Å²) in [5.74, 6) is 0.336. The van der Waals surface area contributed by atoms with E-state index in [0.717, 1.165) is 36.7 Å². The Morgan fingerprint density at radius 1 is 1.24 bits per heavy atom. The molecule has 134 valence electrons. The molecular formula is C18H25N4O2S+. The number of rotatable bonds is 5. The van der Waals surface area contributed by atoms with Gasteiger partial charge in [0.15, 0.2) is 6.54 Å². The summed E-state index contributed by atoms with van der Waals surface area (Å²) in [5.41, 5.74) is 1.01. The maximum Gasteiger partial charge on any atom is 0.277 e. The Balaban J connectivity index is 1.45. The summed E-state index contributed by atoms with van der Waals surface area (Å²) in [4.78, 5) is 33.6. The van der Waals surface area contributed by atoms with Crippen LogP contribution in [0.2, 0.25) is 0 Å². The van der Waals surface area contributed by atoms with Crippen molar-refractivity contribution >= 4 is 33.4 Å². The number of aromatic nitrogens is 1. The summed E-state index contributed by atoms with van der Waals surface area (Å²) in [7, 11) is 3.56. The quantitative estimate of drug-likeness (QED) is 0.818. The molecule has 0 atom stereocenters. The number of para-hydroxylation sites is 1. The van der Waals surface area contributed by atoms with Crippen LogP contribution in [0.25, 0.3) is 10.2 Å². The number of quaternary nitrogens is 1. The number of carbonyl (C=O) groups is 2. The molecule has 1 aromatic heterocycles. The minimum atomic E-state index is 0.144. The van der Waals surface area contributed by atoms with Crippen LogP contribution in [-0.2, 0) is 16.0 Å². The first-order chi connectivity index (χ1) is 12.0. The molecular weight excluding hydrogens is 336 g/mol. The van der Waals surface area contributed by atoms with Crippen molar-refractivity contribution in [3.05, 3.63) is 29.3 Å². The average molecular weight is 361 g/mol. The first-order valence-corrected chi connectivity index (χ1v) is 9.50. The molecule has 2 aromatic rings. The van der Waals surface area contributed by atoms with E-state index < -0.39 is 0 Å². The zero-order valence-electron chi connectivity index (χ0n) is 14.8. The van der Waals surface area contributed by atoms with Gasteiger partial charge < -0.3 is 14.7 Å². The maximum atomic E-state index is 12.4. The zero-order chi connectivity index (χ0) is 17.8. The summed E-state index contributed by atoms with van der Waals surface area (Å²) in [6.45, 7) is 3.66. The van der Waals surface area contributed by atoms with Gasteiger partial charge in [-0.1, -0.05) is 12.1 Å². The van der Waals surface area contributed by atoms with Gasteiger partial charge in [0.1, 0.15) is 0 Å². The van der Waals surface area contributed by atoms with E-state index in [2.05, 4.69) is 11.1 Å². The number of nitrogens with one attached hydrogen (secondary N) is 1. The molecule has 1 N–H and O–H groups in total. The Kier molecular flexibility index (Phi) is 5.65. The Hall–Kier alpha value is -1.99. The fraction of sp³-hybridized carbons (Fsp3) is 0.500. The fourth-order valence-corrected chi connectivity index (χ4v) is 3.99. The van der Waals surface area contributed by atoms with Crippen molar-refractivity contribution in [2.45, 2.75) is 12.8 Å². The number of nitrogens with zero attached hydrogens (tertiary/aromatic N) is 3. The molecule has 2 amide bonds. The Morgan fingerprint density at radius 2 is 1.96 bits per heavy atom. The van der Waals surface area contributed by atoms with Crippen LogP contribution in [0.4, 0.5) is 0 Å². The van der Waals surface area contributed by atoms with Crippen LogP contribution in [0.1, 0.15) is 11.4 Å². The van der Waals surface area contributed by atoms with Crippen LogP contribution in [0, 0.1) is 0 Å². The van der Waals surface area contributed by atoms with E-state index in [0.29, 0.717) is 19.4 Å². The van der Waals surface area contributed by atoms with E-state index in [4.69, 9.17) is 0 Å².